The van der Waals surface area contributed by atoms with Gasteiger partial charge in [-0.15, -0.1) is 0 Å². The molecule has 0 saturated heterocycles. The van der Waals surface area contributed by atoms with Crippen LogP contribution in [0.15, 0.2) is 72.8 Å². The van der Waals surface area contributed by atoms with Crippen LogP contribution in [0.2, 0.25) is 5.02 Å². The van der Waals surface area contributed by atoms with E-state index in [1.54, 1.807) is 24.3 Å². The summed E-state index contributed by atoms with van der Waals surface area (Å²) in [5.41, 5.74) is 3.82. The van der Waals surface area contributed by atoms with Crippen LogP contribution < -0.4 is 15.4 Å². The highest BCUT2D eigenvalue weighted by atomic mass is 35.5. The highest BCUT2D eigenvalue weighted by molar-refractivity contribution is 6.30. The zero-order chi connectivity index (χ0) is 22.1. The van der Waals surface area contributed by atoms with E-state index in [1.807, 2.05) is 36.4 Å². The molecule has 4 N–H and O–H groups in total. The molecule has 0 heterocycles. The Kier molecular flexibility index (Phi) is 8.29. The van der Waals surface area contributed by atoms with Crippen molar-refractivity contribution in [2.75, 3.05) is 25.0 Å². The van der Waals surface area contributed by atoms with E-state index in [-0.39, 0.29) is 6.61 Å². The van der Waals surface area contributed by atoms with E-state index in [0.29, 0.717) is 17.3 Å². The predicted octanol–water partition coefficient (Wildman–Crippen LogP) is 4.41. The molecule has 0 amide bonds. The zero-order valence-corrected chi connectivity index (χ0v) is 17.7. The second-order valence-electron chi connectivity index (χ2n) is 7.05. The number of anilines is 2. The van der Waals surface area contributed by atoms with E-state index in [9.17, 15) is 9.90 Å². The number of aliphatic carboxylic acids is 1. The van der Waals surface area contributed by atoms with Gasteiger partial charge in [-0.1, -0.05) is 35.9 Å². The minimum Gasteiger partial charge on any atom is -0.482 e. The van der Waals surface area contributed by atoms with Gasteiger partial charge in [-0.25, -0.2) is 4.79 Å². The fourth-order valence-corrected chi connectivity index (χ4v) is 3.20. The van der Waals surface area contributed by atoms with Crippen LogP contribution in [0.1, 0.15) is 17.2 Å². The Hall–Kier alpha value is -3.06. The van der Waals surface area contributed by atoms with Gasteiger partial charge in [-0.05, 0) is 72.6 Å². The van der Waals surface area contributed by atoms with Gasteiger partial charge in [-0.2, -0.15) is 0 Å². The van der Waals surface area contributed by atoms with Crippen LogP contribution in [0, 0.1) is 0 Å². The number of carbonyl (C=O) groups is 1. The van der Waals surface area contributed by atoms with Gasteiger partial charge in [-0.3, -0.25) is 0 Å². The predicted molar refractivity (Wildman–Crippen MR) is 122 cm³/mol. The van der Waals surface area contributed by atoms with E-state index in [1.165, 1.54) is 5.56 Å². The molecule has 7 heteroatoms. The molecule has 0 fully saturated rings. The molecule has 0 unspecified atom stereocenters. The Labute approximate surface area is 186 Å². The number of carboxylic acid groups (broad SMARTS) is 1. The first-order valence-electron chi connectivity index (χ1n) is 9.94. The Bertz CT molecular complexity index is 978. The number of aliphatic hydroxyl groups is 1. The lowest BCUT2D eigenvalue weighted by atomic mass is 10.1. The van der Waals surface area contributed by atoms with Gasteiger partial charge in [0.05, 0.1) is 6.10 Å². The van der Waals surface area contributed by atoms with Crippen LogP contribution in [-0.2, 0) is 11.2 Å². The maximum atomic E-state index is 10.5. The maximum Gasteiger partial charge on any atom is 0.341 e. The fraction of sp³-hybridized carbons (Fsp3) is 0.208. The summed E-state index contributed by atoms with van der Waals surface area (Å²) in [5, 5.41) is 26.1. The number of ether oxygens (including phenoxy) is 1. The SMILES string of the molecule is O=C(O)COc1ccc(Nc2ccc(CCNC[C@@H](O)c3cccc(Cl)c3)cc2)cc1. The van der Waals surface area contributed by atoms with E-state index in [2.05, 4.69) is 22.8 Å². The smallest absolute Gasteiger partial charge is 0.341 e. The number of hydrogen-bond acceptors (Lipinski definition) is 5. The topological polar surface area (TPSA) is 90.8 Å². The minimum absolute atomic E-state index is 0.358. The summed E-state index contributed by atoms with van der Waals surface area (Å²) in [6, 6.07) is 22.5. The molecule has 0 saturated carbocycles. The highest BCUT2D eigenvalue weighted by Gasteiger charge is 2.07. The van der Waals surface area contributed by atoms with Crippen LogP contribution in [0.25, 0.3) is 0 Å². The number of aliphatic hydroxyl groups excluding tert-OH is 1. The van der Waals surface area contributed by atoms with Crippen LogP contribution >= 0.6 is 11.6 Å². The highest BCUT2D eigenvalue weighted by Crippen LogP contribution is 2.21. The van der Waals surface area contributed by atoms with Crippen molar-refractivity contribution in [2.45, 2.75) is 12.5 Å². The van der Waals surface area contributed by atoms with Crippen LogP contribution in [0.4, 0.5) is 11.4 Å². The van der Waals surface area contributed by atoms with Crippen molar-refractivity contribution in [3.63, 3.8) is 0 Å². The molecule has 0 aliphatic heterocycles. The summed E-state index contributed by atoms with van der Waals surface area (Å²) < 4.78 is 5.13. The first-order valence-corrected chi connectivity index (χ1v) is 10.3. The molecular weight excluding hydrogens is 416 g/mol. The molecule has 0 aromatic heterocycles. The van der Waals surface area contributed by atoms with Crippen LogP contribution in [0.5, 0.6) is 5.75 Å². The quantitative estimate of drug-likeness (QED) is 0.330. The van der Waals surface area contributed by atoms with Gasteiger partial charge >= 0.3 is 5.97 Å². The lowest BCUT2D eigenvalue weighted by molar-refractivity contribution is -0.139. The van der Waals surface area contributed by atoms with E-state index >= 15 is 0 Å². The molecule has 3 rings (SSSR count). The molecule has 31 heavy (non-hydrogen) atoms. The molecule has 3 aromatic rings. The normalized spacial score (nSPS) is 11.7. The van der Waals surface area contributed by atoms with Crippen molar-refractivity contribution in [2.24, 2.45) is 0 Å². The summed E-state index contributed by atoms with van der Waals surface area (Å²) >= 11 is 5.96. The fourth-order valence-electron chi connectivity index (χ4n) is 3.00. The molecule has 6 nitrogen and oxygen atoms in total. The molecule has 0 spiro atoms. The van der Waals surface area contributed by atoms with Crippen LogP contribution in [0.3, 0.4) is 0 Å². The summed E-state index contributed by atoms with van der Waals surface area (Å²) in [6.45, 7) is 0.858. The number of nitrogens with one attached hydrogen (secondary N) is 2. The third kappa shape index (κ3) is 7.61. The molecule has 1 atom stereocenters. The molecular formula is C24H25ClN2O4. The van der Waals surface area contributed by atoms with Gasteiger partial charge in [0.15, 0.2) is 6.61 Å². The summed E-state index contributed by atoms with van der Waals surface area (Å²) in [6.07, 6.45) is 0.254. The average molecular weight is 441 g/mol. The summed E-state index contributed by atoms with van der Waals surface area (Å²) in [4.78, 5) is 10.5. The van der Waals surface area contributed by atoms with Crippen molar-refractivity contribution in [1.29, 1.82) is 0 Å². The third-order valence-corrected chi connectivity index (χ3v) is 4.86. The molecule has 0 aliphatic carbocycles. The van der Waals surface area contributed by atoms with Crippen molar-refractivity contribution in [1.82, 2.24) is 5.32 Å². The van der Waals surface area contributed by atoms with Gasteiger partial charge in [0.25, 0.3) is 0 Å². The molecule has 162 valence electrons. The van der Waals surface area contributed by atoms with Gasteiger partial charge in [0, 0.05) is 22.9 Å². The van der Waals surface area contributed by atoms with Crippen molar-refractivity contribution in [3.05, 3.63) is 88.9 Å². The molecule has 0 radical (unpaired) electrons. The van der Waals surface area contributed by atoms with Gasteiger partial charge in [0.2, 0.25) is 0 Å². The average Bonchev–Trinajstić information content (AvgIpc) is 2.77. The van der Waals surface area contributed by atoms with Crippen LogP contribution in [-0.4, -0.2) is 35.9 Å². The van der Waals surface area contributed by atoms with E-state index in [4.69, 9.17) is 21.4 Å². The Morgan fingerprint density at radius 2 is 1.68 bits per heavy atom. The van der Waals surface area contributed by atoms with Crippen molar-refractivity contribution in [3.8, 4) is 5.75 Å². The van der Waals surface area contributed by atoms with Gasteiger partial charge in [0.1, 0.15) is 5.75 Å². The summed E-state index contributed by atoms with van der Waals surface area (Å²) in [5.74, 6) is -0.494. The minimum atomic E-state index is -1.00. The first-order chi connectivity index (χ1) is 15.0. The Balaban J connectivity index is 1.41. The largest absolute Gasteiger partial charge is 0.482 e. The first kappa shape index (κ1) is 22.6. The van der Waals surface area contributed by atoms with Gasteiger partial charge < -0.3 is 25.6 Å². The maximum absolute atomic E-state index is 10.5. The summed E-state index contributed by atoms with van der Waals surface area (Å²) in [7, 11) is 0. The number of hydrogen-bond donors (Lipinski definition) is 4. The number of rotatable bonds is 11. The monoisotopic (exact) mass is 440 g/mol. The molecule has 0 bridgehead atoms. The molecule has 0 aliphatic rings. The van der Waals surface area contributed by atoms with Crippen molar-refractivity contribution < 1.29 is 19.7 Å². The van der Waals surface area contributed by atoms with E-state index in [0.717, 1.165) is 29.9 Å². The standard InChI is InChI=1S/C24H25ClN2O4/c25-19-3-1-2-18(14-19)23(28)15-26-13-12-17-4-6-20(7-5-17)27-21-8-10-22(11-9-21)31-16-24(29)30/h1-11,14,23,26-28H,12-13,15-16H2,(H,29,30)/t23-/m1/s1. The van der Waals surface area contributed by atoms with Crippen molar-refractivity contribution >= 4 is 28.9 Å². The lowest BCUT2D eigenvalue weighted by Crippen LogP contribution is -2.23. The van der Waals surface area contributed by atoms with E-state index < -0.39 is 12.1 Å². The second-order valence-corrected chi connectivity index (χ2v) is 7.49. The lowest BCUT2D eigenvalue weighted by Gasteiger charge is -2.13. The number of halogens is 1. The Morgan fingerprint density at radius 1 is 1.00 bits per heavy atom. The number of carboxylic acids is 1. The Morgan fingerprint density at radius 3 is 2.32 bits per heavy atom. The zero-order valence-electron chi connectivity index (χ0n) is 16.9. The third-order valence-electron chi connectivity index (χ3n) is 4.62. The second kappa shape index (κ2) is 11.4. The number of benzene rings is 3. The molecule has 3 aromatic carbocycles.